The molecule has 1 aliphatic heterocycles. The maximum Gasteiger partial charge on any atom is 0.0397 e. The third-order valence-electron chi connectivity index (χ3n) is 4.54. The van der Waals surface area contributed by atoms with E-state index >= 15 is 0 Å². The molecule has 0 spiro atoms. The van der Waals surface area contributed by atoms with Gasteiger partial charge in [-0.15, -0.1) is 0 Å². The molecule has 0 radical (unpaired) electrons. The molecule has 3 rings (SSSR count). The molecule has 2 unspecified atom stereocenters. The lowest BCUT2D eigenvalue weighted by Gasteiger charge is -2.12. The lowest BCUT2D eigenvalue weighted by Crippen LogP contribution is -2.22. The molecule has 1 aromatic carbocycles. The third kappa shape index (κ3) is 2.79. The van der Waals surface area contributed by atoms with E-state index in [1.165, 1.54) is 31.6 Å². The second-order valence-corrected chi connectivity index (χ2v) is 6.71. The van der Waals surface area contributed by atoms with Crippen molar-refractivity contribution in [2.24, 2.45) is 11.8 Å². The summed E-state index contributed by atoms with van der Waals surface area (Å²) in [5.74, 6) is 2.44. The van der Waals surface area contributed by atoms with Crippen LogP contribution < -0.4 is 10.2 Å². The molecule has 2 nitrogen and oxygen atoms in total. The zero-order valence-electron chi connectivity index (χ0n) is 12.4. The zero-order valence-corrected chi connectivity index (χ0v) is 12.4. The van der Waals surface area contributed by atoms with Crippen LogP contribution in [0.1, 0.15) is 37.3 Å². The number of likely N-dealkylation sites (N-methyl/N-ethyl adjacent to an activating group) is 1. The predicted octanol–water partition coefficient (Wildman–Crippen LogP) is 3.03. The summed E-state index contributed by atoms with van der Waals surface area (Å²) in [6.07, 6.45) is 2.60. The summed E-state index contributed by atoms with van der Waals surface area (Å²) in [6.45, 7) is 8.07. The number of hydrogen-bond acceptors (Lipinski definition) is 2. The van der Waals surface area contributed by atoms with Gasteiger partial charge in [0.1, 0.15) is 0 Å². The van der Waals surface area contributed by atoms with Gasteiger partial charge in [-0.2, -0.15) is 0 Å². The van der Waals surface area contributed by atoms with Crippen molar-refractivity contribution in [2.45, 2.75) is 32.6 Å². The summed E-state index contributed by atoms with van der Waals surface area (Å²) in [5.41, 5.74) is 4.57. The standard InChI is InChI=1S/C17H26N2/c1-12(2)10-18-11-15-9-16(15)13-4-5-17-14(8-13)6-7-19(17)3/h4-5,8,12,15-16,18H,6-7,9-11H2,1-3H3. The molecule has 1 aromatic rings. The van der Waals surface area contributed by atoms with Crippen LogP contribution in [0.25, 0.3) is 0 Å². The minimum Gasteiger partial charge on any atom is -0.374 e. The molecule has 19 heavy (non-hydrogen) atoms. The highest BCUT2D eigenvalue weighted by Gasteiger charge is 2.38. The van der Waals surface area contributed by atoms with E-state index in [9.17, 15) is 0 Å². The molecule has 1 heterocycles. The Kier molecular flexibility index (Phi) is 3.53. The van der Waals surface area contributed by atoms with E-state index in [2.05, 4.69) is 49.3 Å². The van der Waals surface area contributed by atoms with E-state index in [0.717, 1.165) is 24.3 Å². The van der Waals surface area contributed by atoms with E-state index in [-0.39, 0.29) is 0 Å². The van der Waals surface area contributed by atoms with Gasteiger partial charge in [-0.1, -0.05) is 26.0 Å². The van der Waals surface area contributed by atoms with E-state index in [0.29, 0.717) is 0 Å². The van der Waals surface area contributed by atoms with Gasteiger partial charge < -0.3 is 10.2 Å². The van der Waals surface area contributed by atoms with Crippen molar-refractivity contribution in [3.05, 3.63) is 29.3 Å². The summed E-state index contributed by atoms with van der Waals surface area (Å²) >= 11 is 0. The quantitative estimate of drug-likeness (QED) is 0.873. The molecule has 0 aromatic heterocycles. The number of nitrogens with zero attached hydrogens (tertiary/aromatic N) is 1. The first kappa shape index (κ1) is 13.0. The summed E-state index contributed by atoms with van der Waals surface area (Å²) < 4.78 is 0. The van der Waals surface area contributed by atoms with E-state index in [4.69, 9.17) is 0 Å². The van der Waals surface area contributed by atoms with E-state index in [1.807, 2.05) is 0 Å². The molecule has 1 saturated carbocycles. The molecule has 2 heteroatoms. The fourth-order valence-corrected chi connectivity index (χ4v) is 3.26. The van der Waals surface area contributed by atoms with E-state index in [1.54, 1.807) is 11.1 Å². The lowest BCUT2D eigenvalue weighted by atomic mass is 10.0. The normalized spacial score (nSPS) is 24.9. The van der Waals surface area contributed by atoms with Crippen LogP contribution >= 0.6 is 0 Å². The van der Waals surface area contributed by atoms with Crippen LogP contribution in [0.15, 0.2) is 18.2 Å². The third-order valence-corrected chi connectivity index (χ3v) is 4.54. The fourth-order valence-electron chi connectivity index (χ4n) is 3.26. The van der Waals surface area contributed by atoms with Gasteiger partial charge in [0, 0.05) is 19.3 Å². The Labute approximate surface area is 117 Å². The highest BCUT2D eigenvalue weighted by Crippen LogP contribution is 2.48. The number of anilines is 1. The molecule has 1 N–H and O–H groups in total. The van der Waals surface area contributed by atoms with Gasteiger partial charge in [-0.05, 0) is 60.9 Å². The van der Waals surface area contributed by atoms with Gasteiger partial charge in [-0.25, -0.2) is 0 Å². The van der Waals surface area contributed by atoms with Crippen LogP contribution in [-0.2, 0) is 6.42 Å². The second kappa shape index (κ2) is 5.16. The Morgan fingerprint density at radius 3 is 3.00 bits per heavy atom. The zero-order chi connectivity index (χ0) is 13.4. The highest BCUT2D eigenvalue weighted by atomic mass is 15.1. The second-order valence-electron chi connectivity index (χ2n) is 6.71. The van der Waals surface area contributed by atoms with Crippen LogP contribution in [0.5, 0.6) is 0 Å². The van der Waals surface area contributed by atoms with Crippen molar-refractivity contribution in [2.75, 3.05) is 31.6 Å². The molecule has 0 bridgehead atoms. The Morgan fingerprint density at radius 2 is 2.21 bits per heavy atom. The van der Waals surface area contributed by atoms with Gasteiger partial charge in [0.2, 0.25) is 0 Å². The molecule has 1 fully saturated rings. The first-order valence-corrected chi connectivity index (χ1v) is 7.70. The van der Waals surface area contributed by atoms with Gasteiger partial charge in [0.15, 0.2) is 0 Å². The van der Waals surface area contributed by atoms with Gasteiger partial charge >= 0.3 is 0 Å². The molecule has 104 valence electrons. The van der Waals surface area contributed by atoms with E-state index < -0.39 is 0 Å². The van der Waals surface area contributed by atoms with Crippen LogP contribution in [0.2, 0.25) is 0 Å². The highest BCUT2D eigenvalue weighted by molar-refractivity contribution is 5.59. The largest absolute Gasteiger partial charge is 0.374 e. The smallest absolute Gasteiger partial charge is 0.0397 e. The monoisotopic (exact) mass is 258 g/mol. The van der Waals surface area contributed by atoms with Crippen molar-refractivity contribution in [3.63, 3.8) is 0 Å². The number of benzene rings is 1. The molecule has 0 saturated heterocycles. The number of nitrogens with one attached hydrogen (secondary N) is 1. The molecular formula is C17H26N2. The lowest BCUT2D eigenvalue weighted by molar-refractivity contribution is 0.532. The first-order chi connectivity index (χ1) is 9.15. The van der Waals surface area contributed by atoms with Crippen molar-refractivity contribution < 1.29 is 0 Å². The topological polar surface area (TPSA) is 15.3 Å². The van der Waals surface area contributed by atoms with Crippen molar-refractivity contribution in [1.29, 1.82) is 0 Å². The summed E-state index contributed by atoms with van der Waals surface area (Å²) in [5, 5.41) is 3.60. The first-order valence-electron chi connectivity index (χ1n) is 7.70. The van der Waals surface area contributed by atoms with Crippen molar-refractivity contribution in [1.82, 2.24) is 5.32 Å². The number of fused-ring (bicyclic) bond motifs is 1. The Balaban J connectivity index is 1.57. The maximum atomic E-state index is 3.60. The van der Waals surface area contributed by atoms with Gasteiger partial charge in [0.05, 0.1) is 0 Å². The fraction of sp³-hybridized carbons (Fsp3) is 0.647. The minimum atomic E-state index is 0.757. The van der Waals surface area contributed by atoms with Crippen LogP contribution in [-0.4, -0.2) is 26.7 Å². The Bertz CT molecular complexity index is 453. The molecule has 0 amide bonds. The number of hydrogen-bond donors (Lipinski definition) is 1. The summed E-state index contributed by atoms with van der Waals surface area (Å²) in [7, 11) is 2.20. The summed E-state index contributed by atoms with van der Waals surface area (Å²) in [6, 6.07) is 7.15. The van der Waals surface area contributed by atoms with Gasteiger partial charge in [-0.3, -0.25) is 0 Å². The van der Waals surface area contributed by atoms with Crippen LogP contribution in [0, 0.1) is 11.8 Å². The van der Waals surface area contributed by atoms with Gasteiger partial charge in [0.25, 0.3) is 0 Å². The summed E-state index contributed by atoms with van der Waals surface area (Å²) in [4.78, 5) is 2.37. The van der Waals surface area contributed by atoms with Crippen LogP contribution in [0.3, 0.4) is 0 Å². The molecular weight excluding hydrogens is 232 g/mol. The SMILES string of the molecule is CC(C)CNCC1CC1c1ccc2c(c1)CCN2C. The van der Waals surface area contributed by atoms with Crippen LogP contribution in [0.4, 0.5) is 5.69 Å². The van der Waals surface area contributed by atoms with Crippen molar-refractivity contribution >= 4 is 5.69 Å². The average molecular weight is 258 g/mol. The molecule has 2 aliphatic rings. The Morgan fingerprint density at radius 1 is 1.37 bits per heavy atom. The average Bonchev–Trinajstić information content (AvgIpc) is 3.06. The maximum absolute atomic E-state index is 3.60. The number of rotatable bonds is 5. The predicted molar refractivity (Wildman–Crippen MR) is 82.0 cm³/mol. The van der Waals surface area contributed by atoms with Crippen molar-refractivity contribution in [3.8, 4) is 0 Å². The molecule has 2 atom stereocenters. The molecule has 1 aliphatic carbocycles. The minimum absolute atomic E-state index is 0.757. The Hall–Kier alpha value is -1.02.